The SMILES string of the molecule is Cc1nsc(N2CCN(C(=O)CC3(CN)CCCCC3)CC2)n1. The summed E-state index contributed by atoms with van der Waals surface area (Å²) in [6.45, 7) is 5.79. The van der Waals surface area contributed by atoms with Gasteiger partial charge in [0.1, 0.15) is 5.82 Å². The lowest BCUT2D eigenvalue weighted by molar-refractivity contribution is -0.134. The van der Waals surface area contributed by atoms with Gasteiger partial charge in [-0.1, -0.05) is 19.3 Å². The molecule has 2 N–H and O–H groups in total. The first-order chi connectivity index (χ1) is 11.1. The average Bonchev–Trinajstić information content (AvgIpc) is 3.02. The van der Waals surface area contributed by atoms with E-state index in [1.807, 2.05) is 11.8 Å². The molecule has 0 bridgehead atoms. The van der Waals surface area contributed by atoms with E-state index in [9.17, 15) is 4.79 Å². The Bertz CT molecular complexity index is 532. The normalized spacial score (nSPS) is 21.5. The number of amides is 1. The third-order valence-corrected chi connectivity index (χ3v) is 6.16. The van der Waals surface area contributed by atoms with Crippen LogP contribution in [0.5, 0.6) is 0 Å². The number of nitrogens with zero attached hydrogens (tertiary/aromatic N) is 4. The molecule has 0 atom stereocenters. The van der Waals surface area contributed by atoms with Crippen molar-refractivity contribution in [1.82, 2.24) is 14.3 Å². The molecular formula is C16H27N5OS. The molecule has 2 aliphatic rings. The summed E-state index contributed by atoms with van der Waals surface area (Å²) in [6, 6.07) is 0. The molecule has 23 heavy (non-hydrogen) atoms. The summed E-state index contributed by atoms with van der Waals surface area (Å²) in [5, 5.41) is 0.973. The van der Waals surface area contributed by atoms with Crippen LogP contribution in [-0.2, 0) is 4.79 Å². The molecule has 1 aliphatic carbocycles. The fourth-order valence-electron chi connectivity index (χ4n) is 3.75. The van der Waals surface area contributed by atoms with E-state index in [0.29, 0.717) is 13.0 Å². The minimum absolute atomic E-state index is 0.0583. The molecule has 0 radical (unpaired) electrons. The highest BCUT2D eigenvalue weighted by Crippen LogP contribution is 2.38. The molecule has 3 rings (SSSR count). The fraction of sp³-hybridized carbons (Fsp3) is 0.812. The van der Waals surface area contributed by atoms with Gasteiger partial charge < -0.3 is 15.5 Å². The number of carbonyl (C=O) groups is 1. The first-order valence-corrected chi connectivity index (χ1v) is 9.42. The van der Waals surface area contributed by atoms with Crippen LogP contribution < -0.4 is 10.6 Å². The van der Waals surface area contributed by atoms with E-state index in [1.54, 1.807) is 0 Å². The standard InChI is InChI=1S/C16H27N5OS/c1-13-18-15(23-19-13)21-9-7-20(8-10-21)14(22)11-16(12-17)5-3-2-4-6-16/h2-12,17H2,1H3. The fourth-order valence-corrected chi connectivity index (χ4v) is 4.47. The number of aryl methyl sites for hydroxylation is 1. The van der Waals surface area contributed by atoms with Gasteiger partial charge in [0.2, 0.25) is 11.0 Å². The lowest BCUT2D eigenvalue weighted by Crippen LogP contribution is -2.50. The van der Waals surface area contributed by atoms with Crippen molar-refractivity contribution < 1.29 is 4.79 Å². The summed E-state index contributed by atoms with van der Waals surface area (Å²) in [7, 11) is 0. The van der Waals surface area contributed by atoms with Crippen LogP contribution in [-0.4, -0.2) is 52.9 Å². The summed E-state index contributed by atoms with van der Waals surface area (Å²) in [6.07, 6.45) is 6.57. The molecule has 1 aliphatic heterocycles. The predicted octanol–water partition coefficient (Wildman–Crippen LogP) is 1.79. The van der Waals surface area contributed by atoms with E-state index in [4.69, 9.17) is 5.73 Å². The first-order valence-electron chi connectivity index (χ1n) is 8.65. The monoisotopic (exact) mass is 337 g/mol. The Morgan fingerprint density at radius 1 is 1.22 bits per heavy atom. The Balaban J connectivity index is 1.53. The average molecular weight is 337 g/mol. The van der Waals surface area contributed by atoms with Crippen LogP contribution in [0.25, 0.3) is 0 Å². The molecule has 0 spiro atoms. The highest BCUT2D eigenvalue weighted by molar-refractivity contribution is 7.09. The molecule has 1 saturated heterocycles. The molecule has 2 heterocycles. The topological polar surface area (TPSA) is 75.4 Å². The largest absolute Gasteiger partial charge is 0.343 e. The molecular weight excluding hydrogens is 310 g/mol. The van der Waals surface area contributed by atoms with Crippen molar-refractivity contribution >= 4 is 22.6 Å². The van der Waals surface area contributed by atoms with E-state index in [2.05, 4.69) is 14.3 Å². The Labute approximate surface area is 142 Å². The predicted molar refractivity (Wildman–Crippen MR) is 92.6 cm³/mol. The number of carbonyl (C=O) groups excluding carboxylic acids is 1. The van der Waals surface area contributed by atoms with Gasteiger partial charge in [0.15, 0.2) is 0 Å². The lowest BCUT2D eigenvalue weighted by atomic mass is 9.71. The van der Waals surface area contributed by atoms with Crippen LogP contribution in [0, 0.1) is 12.3 Å². The van der Waals surface area contributed by atoms with Crippen LogP contribution in [0.4, 0.5) is 5.13 Å². The second-order valence-corrected chi connectivity index (χ2v) is 7.66. The molecule has 0 aromatic carbocycles. The minimum Gasteiger partial charge on any atom is -0.343 e. The van der Waals surface area contributed by atoms with Crippen molar-refractivity contribution in [2.24, 2.45) is 11.1 Å². The van der Waals surface area contributed by atoms with Crippen molar-refractivity contribution in [1.29, 1.82) is 0 Å². The van der Waals surface area contributed by atoms with Crippen molar-refractivity contribution in [2.45, 2.75) is 45.4 Å². The number of hydrogen-bond acceptors (Lipinski definition) is 6. The highest BCUT2D eigenvalue weighted by atomic mass is 32.1. The van der Waals surface area contributed by atoms with Crippen LogP contribution in [0.15, 0.2) is 0 Å². The quantitative estimate of drug-likeness (QED) is 0.906. The van der Waals surface area contributed by atoms with Gasteiger partial charge in [0.25, 0.3) is 0 Å². The molecule has 7 heteroatoms. The molecule has 1 amide bonds. The molecule has 6 nitrogen and oxygen atoms in total. The number of aromatic nitrogens is 2. The summed E-state index contributed by atoms with van der Waals surface area (Å²) < 4.78 is 4.24. The van der Waals surface area contributed by atoms with Gasteiger partial charge >= 0.3 is 0 Å². The summed E-state index contributed by atoms with van der Waals surface area (Å²) in [5.41, 5.74) is 6.08. The van der Waals surface area contributed by atoms with Gasteiger partial charge in [0.05, 0.1) is 0 Å². The Hall–Kier alpha value is -1.21. The van der Waals surface area contributed by atoms with Gasteiger partial charge in [-0.3, -0.25) is 4.79 Å². The molecule has 0 unspecified atom stereocenters. The summed E-state index contributed by atoms with van der Waals surface area (Å²) in [4.78, 5) is 21.4. The zero-order valence-corrected chi connectivity index (χ0v) is 14.8. The van der Waals surface area contributed by atoms with E-state index in [1.165, 1.54) is 30.8 Å². The van der Waals surface area contributed by atoms with E-state index >= 15 is 0 Å². The van der Waals surface area contributed by atoms with Crippen molar-refractivity contribution in [2.75, 3.05) is 37.6 Å². The zero-order chi connectivity index (χ0) is 16.3. The maximum Gasteiger partial charge on any atom is 0.223 e. The van der Waals surface area contributed by atoms with Gasteiger partial charge in [-0.05, 0) is 31.7 Å². The van der Waals surface area contributed by atoms with Crippen LogP contribution in [0.2, 0.25) is 0 Å². The third kappa shape index (κ3) is 3.83. The van der Waals surface area contributed by atoms with Gasteiger partial charge in [-0.25, -0.2) is 4.98 Å². The van der Waals surface area contributed by atoms with Crippen LogP contribution >= 0.6 is 11.5 Å². The van der Waals surface area contributed by atoms with Crippen LogP contribution in [0.3, 0.4) is 0 Å². The number of nitrogens with two attached hydrogens (primary N) is 1. The number of rotatable bonds is 4. The number of hydrogen-bond donors (Lipinski definition) is 1. The number of piperazine rings is 1. The van der Waals surface area contributed by atoms with E-state index in [0.717, 1.165) is 50.0 Å². The van der Waals surface area contributed by atoms with Crippen molar-refractivity contribution in [3.05, 3.63) is 5.82 Å². The highest BCUT2D eigenvalue weighted by Gasteiger charge is 2.35. The number of anilines is 1. The molecule has 1 aromatic heterocycles. The smallest absolute Gasteiger partial charge is 0.223 e. The lowest BCUT2D eigenvalue weighted by Gasteiger charge is -2.39. The second-order valence-electron chi connectivity index (χ2n) is 6.93. The Kier molecular flexibility index (Phi) is 5.16. The van der Waals surface area contributed by atoms with Gasteiger partial charge in [-0.2, -0.15) is 4.37 Å². The minimum atomic E-state index is 0.0583. The van der Waals surface area contributed by atoms with Crippen molar-refractivity contribution in [3.63, 3.8) is 0 Å². The molecule has 1 aromatic rings. The second kappa shape index (κ2) is 7.13. The maximum absolute atomic E-state index is 12.7. The maximum atomic E-state index is 12.7. The van der Waals surface area contributed by atoms with Gasteiger partial charge in [0, 0.05) is 44.1 Å². The van der Waals surface area contributed by atoms with E-state index in [-0.39, 0.29) is 11.3 Å². The van der Waals surface area contributed by atoms with E-state index < -0.39 is 0 Å². The Morgan fingerprint density at radius 2 is 1.91 bits per heavy atom. The first kappa shape index (κ1) is 16.6. The summed E-state index contributed by atoms with van der Waals surface area (Å²) in [5.74, 6) is 1.11. The summed E-state index contributed by atoms with van der Waals surface area (Å²) >= 11 is 1.44. The third-order valence-electron chi connectivity index (χ3n) is 5.29. The molecule has 2 fully saturated rings. The Morgan fingerprint density at radius 3 is 2.48 bits per heavy atom. The van der Waals surface area contributed by atoms with Crippen molar-refractivity contribution in [3.8, 4) is 0 Å². The zero-order valence-electron chi connectivity index (χ0n) is 14.0. The molecule has 1 saturated carbocycles. The van der Waals surface area contributed by atoms with Gasteiger partial charge in [-0.15, -0.1) is 0 Å². The van der Waals surface area contributed by atoms with Crippen LogP contribution in [0.1, 0.15) is 44.3 Å². The molecule has 128 valence electrons.